The first-order chi connectivity index (χ1) is 16.9. The summed E-state index contributed by atoms with van der Waals surface area (Å²) in [5.74, 6) is 1.10. The number of hydrogen-bond acceptors (Lipinski definition) is 4. The second kappa shape index (κ2) is 11.7. The van der Waals surface area contributed by atoms with E-state index in [1.54, 1.807) is 14.2 Å². The van der Waals surface area contributed by atoms with E-state index in [1.165, 1.54) is 29.8 Å². The third kappa shape index (κ3) is 6.82. The van der Waals surface area contributed by atoms with Gasteiger partial charge in [0.2, 0.25) is 5.91 Å². The third-order valence-corrected chi connectivity index (χ3v) is 7.18. The molecule has 1 aliphatic carbocycles. The average molecular weight is 485 g/mol. The Kier molecular flexibility index (Phi) is 8.39. The highest BCUT2D eigenvalue weighted by Crippen LogP contribution is 2.35. The maximum atomic E-state index is 13.3. The van der Waals surface area contributed by atoms with Gasteiger partial charge in [-0.25, -0.2) is 8.78 Å². The number of methoxy groups -OCH3 is 2. The maximum absolute atomic E-state index is 13.3. The fourth-order valence-electron chi connectivity index (χ4n) is 5.39. The van der Waals surface area contributed by atoms with Crippen molar-refractivity contribution in [1.82, 2.24) is 10.2 Å². The van der Waals surface area contributed by atoms with Crippen LogP contribution in [-0.2, 0) is 4.79 Å². The van der Waals surface area contributed by atoms with Gasteiger partial charge < -0.3 is 19.7 Å². The molecule has 2 aromatic rings. The molecule has 1 saturated heterocycles. The van der Waals surface area contributed by atoms with Crippen LogP contribution in [0, 0.1) is 17.6 Å². The molecule has 0 bridgehead atoms. The Bertz CT molecular complexity index is 1030. The van der Waals surface area contributed by atoms with Gasteiger partial charge in [0.25, 0.3) is 0 Å². The Labute approximate surface area is 206 Å². The van der Waals surface area contributed by atoms with Crippen molar-refractivity contribution in [3.63, 3.8) is 0 Å². The molecular weight excluding hydrogens is 450 g/mol. The number of piperidine rings is 1. The van der Waals surface area contributed by atoms with E-state index in [-0.39, 0.29) is 11.9 Å². The first-order valence-corrected chi connectivity index (χ1v) is 12.3. The number of likely N-dealkylation sites (tertiary alicyclic amines) is 1. The van der Waals surface area contributed by atoms with Crippen LogP contribution in [0.15, 0.2) is 42.5 Å². The molecule has 1 N–H and O–H groups in total. The number of carbonyl (C=O) groups excluding carboxylic acids is 1. The van der Waals surface area contributed by atoms with Crippen LogP contribution >= 0.6 is 0 Å². The summed E-state index contributed by atoms with van der Waals surface area (Å²) in [4.78, 5) is 14.8. The number of halogens is 2. The molecule has 2 aromatic carbocycles. The lowest BCUT2D eigenvalue weighted by Gasteiger charge is -2.34. The number of nitrogens with one attached hydrogen (secondary N) is 1. The van der Waals surface area contributed by atoms with Crippen molar-refractivity contribution < 1.29 is 23.0 Å². The van der Waals surface area contributed by atoms with E-state index in [4.69, 9.17) is 9.47 Å². The van der Waals surface area contributed by atoms with Crippen LogP contribution in [0.3, 0.4) is 0 Å². The quantitative estimate of drug-likeness (QED) is 0.526. The monoisotopic (exact) mass is 484 g/mol. The molecule has 35 heavy (non-hydrogen) atoms. The molecular formula is C28H34F2N2O3. The predicted molar refractivity (Wildman–Crippen MR) is 133 cm³/mol. The van der Waals surface area contributed by atoms with Crippen LogP contribution in [0.4, 0.5) is 8.78 Å². The van der Waals surface area contributed by atoms with Crippen LogP contribution in [0.25, 0.3) is 6.08 Å². The number of ether oxygens (including phenoxy) is 2. The molecule has 1 aliphatic heterocycles. The lowest BCUT2D eigenvalue weighted by Crippen LogP contribution is -2.37. The highest BCUT2D eigenvalue weighted by molar-refractivity contribution is 5.91. The van der Waals surface area contributed by atoms with Gasteiger partial charge in [0.05, 0.1) is 14.2 Å². The third-order valence-electron chi connectivity index (χ3n) is 7.18. The fourth-order valence-corrected chi connectivity index (χ4v) is 5.39. The molecule has 5 nitrogen and oxygen atoms in total. The summed E-state index contributed by atoms with van der Waals surface area (Å²) in [6.45, 7) is 3.20. The first kappa shape index (κ1) is 25.2. The molecule has 0 spiro atoms. The van der Waals surface area contributed by atoms with Crippen molar-refractivity contribution in [1.29, 1.82) is 0 Å². The molecule has 2 aliphatic rings. The van der Waals surface area contributed by atoms with Gasteiger partial charge in [-0.15, -0.1) is 0 Å². The van der Waals surface area contributed by atoms with Crippen molar-refractivity contribution >= 4 is 12.0 Å². The lowest BCUT2D eigenvalue weighted by molar-refractivity contribution is -0.117. The lowest BCUT2D eigenvalue weighted by atomic mass is 9.88. The Balaban J connectivity index is 1.20. The minimum Gasteiger partial charge on any atom is -0.493 e. The van der Waals surface area contributed by atoms with Gasteiger partial charge in [-0.3, -0.25) is 4.79 Å². The summed E-state index contributed by atoms with van der Waals surface area (Å²) in [5, 5.41) is 3.04. The molecule has 1 heterocycles. The molecule has 0 unspecified atom stereocenters. The maximum Gasteiger partial charge on any atom is 0.244 e. The van der Waals surface area contributed by atoms with E-state index >= 15 is 0 Å². The van der Waals surface area contributed by atoms with E-state index in [0.29, 0.717) is 17.4 Å². The zero-order valence-corrected chi connectivity index (χ0v) is 20.4. The van der Waals surface area contributed by atoms with Crippen LogP contribution in [0.1, 0.15) is 49.1 Å². The number of amides is 1. The normalized spacial score (nSPS) is 21.4. The number of hydrogen-bond donors (Lipinski definition) is 1. The topological polar surface area (TPSA) is 50.8 Å². The fraction of sp³-hybridized carbons (Fsp3) is 0.464. The van der Waals surface area contributed by atoms with Crippen molar-refractivity contribution in [2.75, 3.05) is 33.9 Å². The number of benzene rings is 2. The zero-order valence-electron chi connectivity index (χ0n) is 20.4. The van der Waals surface area contributed by atoms with Gasteiger partial charge in [-0.2, -0.15) is 0 Å². The smallest absolute Gasteiger partial charge is 0.244 e. The Morgan fingerprint density at radius 3 is 2.40 bits per heavy atom. The van der Waals surface area contributed by atoms with Crippen molar-refractivity contribution in [2.24, 2.45) is 5.92 Å². The minimum absolute atomic E-state index is 0.144. The Morgan fingerprint density at radius 2 is 1.71 bits per heavy atom. The van der Waals surface area contributed by atoms with Crippen LogP contribution in [-0.4, -0.2) is 50.7 Å². The SMILES string of the molecule is COc1ccc(C2CCN(C[C@H]3CC[C@@H](NC(=O)C=Cc4cc(F)cc(F)c4)C3)CC2)cc1OC. The predicted octanol–water partition coefficient (Wildman–Crippen LogP) is 5.16. The second-order valence-electron chi connectivity index (χ2n) is 9.61. The van der Waals surface area contributed by atoms with E-state index in [9.17, 15) is 13.6 Å². The van der Waals surface area contributed by atoms with Gasteiger partial charge in [0.15, 0.2) is 11.5 Å². The van der Waals surface area contributed by atoms with Gasteiger partial charge in [-0.1, -0.05) is 6.07 Å². The summed E-state index contributed by atoms with van der Waals surface area (Å²) >= 11 is 0. The summed E-state index contributed by atoms with van der Waals surface area (Å²) in [6.07, 6.45) is 8.04. The van der Waals surface area contributed by atoms with E-state index in [1.807, 2.05) is 6.07 Å². The number of nitrogens with zero attached hydrogens (tertiary/aromatic N) is 1. The van der Waals surface area contributed by atoms with E-state index < -0.39 is 11.6 Å². The van der Waals surface area contributed by atoms with Gasteiger partial charge in [0.1, 0.15) is 11.6 Å². The molecule has 2 fully saturated rings. The Hall–Kier alpha value is -2.93. The van der Waals surface area contributed by atoms with Crippen LogP contribution in [0.2, 0.25) is 0 Å². The van der Waals surface area contributed by atoms with Crippen LogP contribution < -0.4 is 14.8 Å². The number of carbonyl (C=O) groups is 1. The summed E-state index contributed by atoms with van der Waals surface area (Å²) < 4.78 is 37.4. The molecule has 1 amide bonds. The molecule has 1 saturated carbocycles. The zero-order chi connectivity index (χ0) is 24.8. The van der Waals surface area contributed by atoms with E-state index in [0.717, 1.165) is 69.3 Å². The molecule has 7 heteroatoms. The van der Waals surface area contributed by atoms with Gasteiger partial charge in [0, 0.05) is 24.7 Å². The highest BCUT2D eigenvalue weighted by atomic mass is 19.1. The Morgan fingerprint density at radius 1 is 1.00 bits per heavy atom. The van der Waals surface area contributed by atoms with Crippen molar-refractivity contribution in [3.05, 3.63) is 65.2 Å². The summed E-state index contributed by atoms with van der Waals surface area (Å²) in [5.41, 5.74) is 1.64. The standard InChI is InChI=1S/C28H34F2N2O3/c1-34-26-7-5-22(16-27(26)35-2)21-9-11-32(12-10-21)18-20-3-6-25(15-20)31-28(33)8-4-19-13-23(29)17-24(30)14-19/h4-5,7-8,13-14,16-17,20-21,25H,3,6,9-12,15,18H2,1-2H3,(H,31,33)/t20-,25+/m0/s1. The molecule has 4 rings (SSSR count). The highest BCUT2D eigenvalue weighted by Gasteiger charge is 2.29. The average Bonchev–Trinajstić information content (AvgIpc) is 3.28. The van der Waals surface area contributed by atoms with Crippen molar-refractivity contribution in [3.8, 4) is 11.5 Å². The number of rotatable bonds is 8. The molecule has 2 atom stereocenters. The van der Waals surface area contributed by atoms with Gasteiger partial charge in [-0.05, 0) is 98.5 Å². The minimum atomic E-state index is -0.656. The van der Waals surface area contributed by atoms with Gasteiger partial charge >= 0.3 is 0 Å². The van der Waals surface area contributed by atoms with Crippen LogP contribution in [0.5, 0.6) is 11.5 Å². The van der Waals surface area contributed by atoms with Crippen molar-refractivity contribution in [2.45, 2.75) is 44.1 Å². The van der Waals surface area contributed by atoms with E-state index in [2.05, 4.69) is 22.3 Å². The largest absolute Gasteiger partial charge is 0.493 e. The first-order valence-electron chi connectivity index (χ1n) is 12.3. The second-order valence-corrected chi connectivity index (χ2v) is 9.61. The molecule has 0 aromatic heterocycles. The molecule has 0 radical (unpaired) electrons. The summed E-state index contributed by atoms with van der Waals surface area (Å²) in [6, 6.07) is 9.59. The molecule has 188 valence electrons. The summed E-state index contributed by atoms with van der Waals surface area (Å²) in [7, 11) is 3.32.